The fourth-order valence-electron chi connectivity index (χ4n) is 3.46. The largest absolute Gasteiger partial charge is 0.486 e. The van der Waals surface area contributed by atoms with Gasteiger partial charge in [0.15, 0.2) is 0 Å². The number of hydrogen-bond acceptors (Lipinski definition) is 5. The van der Waals surface area contributed by atoms with E-state index >= 15 is 0 Å². The maximum atomic E-state index is 13.2. The Bertz CT molecular complexity index is 1060. The van der Waals surface area contributed by atoms with Gasteiger partial charge in [0.05, 0.1) is 12.2 Å². The first-order valence-electron chi connectivity index (χ1n) is 9.53. The van der Waals surface area contributed by atoms with Crippen molar-refractivity contribution in [1.82, 2.24) is 15.2 Å². The number of nitrogens with zero attached hydrogens (tertiary/aromatic N) is 2. The second-order valence-electron chi connectivity index (χ2n) is 6.92. The Balaban J connectivity index is 1.47. The smallest absolute Gasteiger partial charge is 0.325 e. The van der Waals surface area contributed by atoms with Crippen molar-refractivity contribution in [1.29, 1.82) is 0 Å². The van der Waals surface area contributed by atoms with Gasteiger partial charge in [-0.05, 0) is 36.2 Å². The fraction of sp³-hybridized carbons (Fsp3) is 0.227. The molecule has 0 aliphatic carbocycles. The van der Waals surface area contributed by atoms with E-state index in [-0.39, 0.29) is 12.5 Å². The van der Waals surface area contributed by atoms with E-state index in [4.69, 9.17) is 16.3 Å². The van der Waals surface area contributed by atoms with Gasteiger partial charge in [0.25, 0.3) is 5.91 Å². The number of para-hydroxylation sites is 1. The average Bonchev–Trinajstić information content (AvgIpc) is 3.32. The number of amides is 3. The van der Waals surface area contributed by atoms with Crippen molar-refractivity contribution < 1.29 is 14.3 Å². The lowest BCUT2D eigenvalue weighted by Gasteiger charge is -2.25. The summed E-state index contributed by atoms with van der Waals surface area (Å²) in [4.78, 5) is 31.6. The quantitative estimate of drug-likeness (QED) is 0.538. The highest BCUT2D eigenvalue weighted by atomic mass is 35.5. The van der Waals surface area contributed by atoms with Crippen LogP contribution in [0, 0.1) is 0 Å². The van der Waals surface area contributed by atoms with Gasteiger partial charge in [-0.2, -0.15) is 0 Å². The number of urea groups is 1. The van der Waals surface area contributed by atoms with Crippen molar-refractivity contribution in [3.63, 3.8) is 0 Å². The molecule has 0 radical (unpaired) electrons. The molecule has 1 aliphatic heterocycles. The van der Waals surface area contributed by atoms with Gasteiger partial charge in [0.2, 0.25) is 0 Å². The Kier molecular flexibility index (Phi) is 5.74. The number of rotatable bonds is 7. The minimum absolute atomic E-state index is 0.113. The summed E-state index contributed by atoms with van der Waals surface area (Å²) >= 11 is 7.41. The van der Waals surface area contributed by atoms with Crippen molar-refractivity contribution in [3.8, 4) is 5.75 Å². The number of aromatic nitrogens is 1. The zero-order valence-corrected chi connectivity index (χ0v) is 17.9. The molecule has 1 N–H and O–H groups in total. The van der Waals surface area contributed by atoms with Crippen LogP contribution in [0.3, 0.4) is 0 Å². The number of carbonyl (C=O) groups is 2. The van der Waals surface area contributed by atoms with E-state index in [1.807, 2.05) is 42.6 Å². The van der Waals surface area contributed by atoms with Gasteiger partial charge in [0.1, 0.15) is 22.9 Å². The predicted molar refractivity (Wildman–Crippen MR) is 115 cm³/mol. The summed E-state index contributed by atoms with van der Waals surface area (Å²) in [6.07, 6.45) is 0.433. The first-order valence-corrected chi connectivity index (χ1v) is 10.8. The molecular formula is C22H20ClN3O3S. The summed E-state index contributed by atoms with van der Waals surface area (Å²) in [7, 11) is 0. The first-order chi connectivity index (χ1) is 14.5. The average molecular weight is 442 g/mol. The standard InChI is InChI=1S/C22H20ClN3O3S/c1-2-22(15-8-10-16(23)11-9-15)20(27)26(21(28)25-22)12-17-14-30-19(24-17)13-29-18-6-4-3-5-7-18/h3-11,14H,2,12-13H2,1H3,(H,25,28). The van der Waals surface area contributed by atoms with E-state index in [9.17, 15) is 9.59 Å². The monoisotopic (exact) mass is 441 g/mol. The molecule has 1 saturated heterocycles. The number of imide groups is 1. The molecule has 0 saturated carbocycles. The molecule has 8 heteroatoms. The van der Waals surface area contributed by atoms with E-state index in [0.29, 0.717) is 29.3 Å². The van der Waals surface area contributed by atoms with Crippen LogP contribution in [0.2, 0.25) is 5.02 Å². The van der Waals surface area contributed by atoms with Crippen molar-refractivity contribution in [2.45, 2.75) is 32.0 Å². The van der Waals surface area contributed by atoms with Gasteiger partial charge >= 0.3 is 6.03 Å². The third-order valence-corrected chi connectivity index (χ3v) is 6.19. The molecule has 2 aromatic carbocycles. The Morgan fingerprint density at radius 2 is 1.87 bits per heavy atom. The number of halogens is 1. The summed E-state index contributed by atoms with van der Waals surface area (Å²) in [6.45, 7) is 2.32. The second-order valence-corrected chi connectivity index (χ2v) is 8.30. The Morgan fingerprint density at radius 1 is 1.13 bits per heavy atom. The summed E-state index contributed by atoms with van der Waals surface area (Å²) in [5.41, 5.74) is 0.278. The number of benzene rings is 2. The summed E-state index contributed by atoms with van der Waals surface area (Å²) < 4.78 is 5.71. The van der Waals surface area contributed by atoms with Crippen molar-refractivity contribution in [2.75, 3.05) is 0 Å². The molecule has 0 spiro atoms. The van der Waals surface area contributed by atoms with Crippen molar-refractivity contribution in [3.05, 3.63) is 81.3 Å². The van der Waals surface area contributed by atoms with E-state index in [1.165, 1.54) is 16.2 Å². The van der Waals surface area contributed by atoms with Crippen LogP contribution in [0.5, 0.6) is 5.75 Å². The molecule has 154 valence electrons. The molecule has 1 aromatic heterocycles. The van der Waals surface area contributed by atoms with Crippen molar-refractivity contribution >= 4 is 34.9 Å². The SMILES string of the molecule is CCC1(c2ccc(Cl)cc2)NC(=O)N(Cc2csc(COc3ccccc3)n2)C1=O. The number of carbonyl (C=O) groups excluding carboxylic acids is 2. The molecule has 0 bridgehead atoms. The second kappa shape index (κ2) is 8.45. The Labute approximate surface area is 183 Å². The Hall–Kier alpha value is -2.90. The molecule has 4 rings (SSSR count). The minimum Gasteiger partial charge on any atom is -0.486 e. The molecule has 6 nitrogen and oxygen atoms in total. The van der Waals surface area contributed by atoms with Gasteiger partial charge in [-0.25, -0.2) is 9.78 Å². The number of hydrogen-bond donors (Lipinski definition) is 1. The summed E-state index contributed by atoms with van der Waals surface area (Å²) in [6, 6.07) is 16.0. The van der Waals surface area contributed by atoms with Gasteiger partial charge in [-0.3, -0.25) is 9.69 Å². The fourth-order valence-corrected chi connectivity index (χ4v) is 4.28. The molecule has 1 fully saturated rings. The number of thiazole rings is 1. The molecule has 1 aliphatic rings. The van der Waals surface area contributed by atoms with E-state index in [1.54, 1.807) is 24.3 Å². The molecule has 1 unspecified atom stereocenters. The van der Waals surface area contributed by atoms with Crippen LogP contribution in [0.4, 0.5) is 4.79 Å². The first kappa shape index (κ1) is 20.4. The molecule has 2 heterocycles. The van der Waals surface area contributed by atoms with E-state index in [2.05, 4.69) is 10.3 Å². The maximum Gasteiger partial charge on any atom is 0.325 e. The van der Waals surface area contributed by atoms with Gasteiger partial charge in [-0.1, -0.05) is 48.9 Å². The lowest BCUT2D eigenvalue weighted by Crippen LogP contribution is -2.43. The van der Waals surface area contributed by atoms with E-state index < -0.39 is 11.6 Å². The zero-order valence-electron chi connectivity index (χ0n) is 16.3. The van der Waals surface area contributed by atoms with Gasteiger partial charge < -0.3 is 10.1 Å². The third-order valence-electron chi connectivity index (χ3n) is 5.07. The third kappa shape index (κ3) is 3.91. The summed E-state index contributed by atoms with van der Waals surface area (Å²) in [5, 5.41) is 6.07. The highest BCUT2D eigenvalue weighted by Gasteiger charge is 2.51. The molecule has 3 aromatic rings. The maximum absolute atomic E-state index is 13.2. The zero-order chi connectivity index (χ0) is 21.1. The minimum atomic E-state index is -1.09. The van der Waals surface area contributed by atoms with Crippen LogP contribution in [0.15, 0.2) is 60.0 Å². The molecule has 1 atom stereocenters. The van der Waals surface area contributed by atoms with Crippen molar-refractivity contribution in [2.24, 2.45) is 0 Å². The molecular weight excluding hydrogens is 422 g/mol. The predicted octanol–water partition coefficient (Wildman–Crippen LogP) is 4.73. The number of ether oxygens (including phenoxy) is 1. The lowest BCUT2D eigenvalue weighted by atomic mass is 9.87. The topological polar surface area (TPSA) is 71.5 Å². The van der Waals surface area contributed by atoms with E-state index in [0.717, 1.165) is 10.8 Å². The lowest BCUT2D eigenvalue weighted by molar-refractivity contribution is -0.132. The summed E-state index contributed by atoms with van der Waals surface area (Å²) in [5.74, 6) is 0.478. The molecule has 30 heavy (non-hydrogen) atoms. The highest BCUT2D eigenvalue weighted by molar-refractivity contribution is 7.09. The number of nitrogens with one attached hydrogen (secondary N) is 1. The van der Waals surface area contributed by atoms with Gasteiger partial charge in [0, 0.05) is 10.4 Å². The molecule has 3 amide bonds. The van der Waals surface area contributed by atoms with Gasteiger partial charge in [-0.15, -0.1) is 11.3 Å². The normalized spacial score (nSPS) is 18.5. The van der Waals surface area contributed by atoms with Crippen LogP contribution >= 0.6 is 22.9 Å². The van der Waals surface area contributed by atoms with Crippen LogP contribution in [0.1, 0.15) is 29.6 Å². The highest BCUT2D eigenvalue weighted by Crippen LogP contribution is 2.34. The van der Waals surface area contributed by atoms with Crippen LogP contribution in [-0.2, 0) is 23.5 Å². The Morgan fingerprint density at radius 3 is 2.57 bits per heavy atom. The van der Waals surface area contributed by atoms with Crippen LogP contribution in [0.25, 0.3) is 0 Å². The van der Waals surface area contributed by atoms with Crippen LogP contribution < -0.4 is 10.1 Å². The van der Waals surface area contributed by atoms with Crippen LogP contribution in [-0.4, -0.2) is 21.8 Å².